The quantitative estimate of drug-likeness (QED) is 0.679. The molecule has 3 rings (SSSR count). The molecule has 0 saturated carbocycles. The van der Waals surface area contributed by atoms with E-state index in [4.69, 9.17) is 16.3 Å². The van der Waals surface area contributed by atoms with Crippen LogP contribution in [0.2, 0.25) is 5.02 Å². The Kier molecular flexibility index (Phi) is 6.99. The number of carbonyl (C=O) groups is 2. The molecular weight excluding hydrogens is 428 g/mol. The second-order valence-corrected chi connectivity index (χ2v) is 9.08. The highest BCUT2D eigenvalue weighted by atomic mass is 35.5. The van der Waals surface area contributed by atoms with Crippen molar-refractivity contribution in [2.24, 2.45) is 5.92 Å². The number of nitrogens with zero attached hydrogens (tertiary/aromatic N) is 1. The van der Waals surface area contributed by atoms with Gasteiger partial charge in [-0.1, -0.05) is 23.7 Å². The Hall–Kier alpha value is -2.58. The van der Waals surface area contributed by atoms with E-state index in [0.717, 1.165) is 0 Å². The van der Waals surface area contributed by atoms with Crippen molar-refractivity contribution in [3.63, 3.8) is 0 Å². The first-order valence-electron chi connectivity index (χ1n) is 9.64. The van der Waals surface area contributed by atoms with Crippen LogP contribution in [0.3, 0.4) is 0 Å². The molecule has 1 saturated heterocycles. The number of rotatable bonds is 6. The molecule has 7 nitrogen and oxygen atoms in total. The minimum absolute atomic E-state index is 0.0188. The molecule has 2 aromatic rings. The van der Waals surface area contributed by atoms with Crippen LogP contribution in [-0.2, 0) is 19.6 Å². The summed E-state index contributed by atoms with van der Waals surface area (Å²) in [7, 11) is -3.88. The van der Waals surface area contributed by atoms with Crippen molar-refractivity contribution in [1.29, 1.82) is 0 Å². The first kappa shape index (κ1) is 22.1. The lowest BCUT2D eigenvalue weighted by atomic mass is 9.96. The van der Waals surface area contributed by atoms with E-state index < -0.39 is 10.0 Å². The maximum absolute atomic E-state index is 12.9. The zero-order valence-corrected chi connectivity index (χ0v) is 18.1. The predicted octanol–water partition coefficient (Wildman–Crippen LogP) is 3.56. The van der Waals surface area contributed by atoms with Crippen LogP contribution in [-0.4, -0.2) is 44.9 Å². The van der Waals surface area contributed by atoms with Crippen molar-refractivity contribution in [3.05, 3.63) is 59.1 Å². The standard InChI is InChI=1S/C21H23ClN2O5S/c1-2-29-21(26)15-9-11-24(12-10-15)20(25)16-5-3-8-19(13-16)30(27,28)23-18-7-4-6-17(22)14-18/h3-8,13-15,23H,2,9-12H2,1H3. The molecule has 1 heterocycles. The van der Waals surface area contributed by atoms with Crippen LogP contribution >= 0.6 is 11.6 Å². The molecule has 0 aliphatic carbocycles. The van der Waals surface area contributed by atoms with Crippen molar-refractivity contribution in [2.45, 2.75) is 24.7 Å². The zero-order chi connectivity index (χ0) is 21.7. The Bertz CT molecular complexity index is 1030. The molecule has 1 amide bonds. The van der Waals surface area contributed by atoms with Gasteiger partial charge in [0.05, 0.1) is 23.1 Å². The molecule has 0 unspecified atom stereocenters. The fourth-order valence-corrected chi connectivity index (χ4v) is 4.61. The number of hydrogen-bond donors (Lipinski definition) is 1. The van der Waals surface area contributed by atoms with Crippen LogP contribution < -0.4 is 4.72 Å². The van der Waals surface area contributed by atoms with Gasteiger partial charge >= 0.3 is 5.97 Å². The summed E-state index contributed by atoms with van der Waals surface area (Å²) >= 11 is 5.91. The van der Waals surface area contributed by atoms with E-state index in [-0.39, 0.29) is 28.3 Å². The SMILES string of the molecule is CCOC(=O)C1CCN(C(=O)c2cccc(S(=O)(=O)Nc3cccc(Cl)c3)c2)CC1. The molecule has 160 valence electrons. The molecular formula is C21H23ClN2O5S. The maximum Gasteiger partial charge on any atom is 0.309 e. The lowest BCUT2D eigenvalue weighted by Gasteiger charge is -2.31. The van der Waals surface area contributed by atoms with Gasteiger partial charge < -0.3 is 9.64 Å². The first-order chi connectivity index (χ1) is 14.3. The fourth-order valence-electron chi connectivity index (χ4n) is 3.32. The van der Waals surface area contributed by atoms with Crippen molar-refractivity contribution < 1.29 is 22.7 Å². The molecule has 30 heavy (non-hydrogen) atoms. The molecule has 1 N–H and O–H groups in total. The van der Waals surface area contributed by atoms with Crippen LogP contribution in [0.15, 0.2) is 53.4 Å². The molecule has 1 aliphatic heterocycles. The molecule has 1 aliphatic rings. The number of nitrogens with one attached hydrogen (secondary N) is 1. The largest absolute Gasteiger partial charge is 0.466 e. The van der Waals surface area contributed by atoms with E-state index >= 15 is 0 Å². The number of carbonyl (C=O) groups excluding carboxylic acids is 2. The number of esters is 1. The Labute approximate surface area is 181 Å². The third-order valence-electron chi connectivity index (χ3n) is 4.87. The van der Waals surface area contributed by atoms with E-state index in [1.54, 1.807) is 36.1 Å². The topological polar surface area (TPSA) is 92.8 Å². The van der Waals surface area contributed by atoms with Crippen LogP contribution in [0.25, 0.3) is 0 Å². The third kappa shape index (κ3) is 5.31. The van der Waals surface area contributed by atoms with Crippen LogP contribution in [0.5, 0.6) is 0 Å². The predicted molar refractivity (Wildman–Crippen MR) is 114 cm³/mol. The molecule has 0 radical (unpaired) electrons. The van der Waals surface area contributed by atoms with Gasteiger partial charge in [-0.05, 0) is 56.2 Å². The van der Waals surface area contributed by atoms with Crippen molar-refractivity contribution in [3.8, 4) is 0 Å². The van der Waals surface area contributed by atoms with Crippen molar-refractivity contribution >= 4 is 39.2 Å². The fraction of sp³-hybridized carbons (Fsp3) is 0.333. The van der Waals surface area contributed by atoms with E-state index in [1.807, 2.05) is 0 Å². The summed E-state index contributed by atoms with van der Waals surface area (Å²) in [5.74, 6) is -0.704. The number of amides is 1. The average Bonchev–Trinajstić information content (AvgIpc) is 2.73. The lowest BCUT2D eigenvalue weighted by Crippen LogP contribution is -2.40. The number of likely N-dealkylation sites (tertiary alicyclic amines) is 1. The zero-order valence-electron chi connectivity index (χ0n) is 16.5. The summed E-state index contributed by atoms with van der Waals surface area (Å²) in [6.45, 7) is 2.93. The number of ether oxygens (including phenoxy) is 1. The summed E-state index contributed by atoms with van der Waals surface area (Å²) in [6, 6.07) is 12.3. The van der Waals surface area contributed by atoms with Gasteiger partial charge in [0.25, 0.3) is 15.9 Å². The van der Waals surface area contributed by atoms with E-state index in [0.29, 0.717) is 43.2 Å². The Morgan fingerprint density at radius 3 is 2.50 bits per heavy atom. The van der Waals surface area contributed by atoms with Gasteiger partial charge in [-0.15, -0.1) is 0 Å². The minimum atomic E-state index is -3.88. The van der Waals surface area contributed by atoms with Gasteiger partial charge in [-0.3, -0.25) is 14.3 Å². The normalized spacial score (nSPS) is 14.9. The van der Waals surface area contributed by atoms with E-state index in [2.05, 4.69) is 4.72 Å². The lowest BCUT2D eigenvalue weighted by molar-refractivity contribution is -0.149. The number of piperidine rings is 1. The van der Waals surface area contributed by atoms with Crippen LogP contribution in [0.1, 0.15) is 30.1 Å². The Balaban J connectivity index is 1.70. The molecule has 0 spiro atoms. The molecule has 0 atom stereocenters. The molecule has 2 aromatic carbocycles. The molecule has 1 fully saturated rings. The van der Waals surface area contributed by atoms with Crippen molar-refractivity contribution in [1.82, 2.24) is 4.90 Å². The molecule has 0 aromatic heterocycles. The minimum Gasteiger partial charge on any atom is -0.466 e. The number of halogens is 1. The van der Waals surface area contributed by atoms with Crippen LogP contribution in [0, 0.1) is 5.92 Å². The highest BCUT2D eigenvalue weighted by Crippen LogP contribution is 2.23. The van der Waals surface area contributed by atoms with Gasteiger partial charge in [0.2, 0.25) is 0 Å². The van der Waals surface area contributed by atoms with Gasteiger partial charge in [0.15, 0.2) is 0 Å². The van der Waals surface area contributed by atoms with Gasteiger partial charge in [0.1, 0.15) is 0 Å². The average molecular weight is 451 g/mol. The summed E-state index contributed by atoms with van der Waals surface area (Å²) < 4.78 is 32.9. The maximum atomic E-state index is 12.9. The summed E-state index contributed by atoms with van der Waals surface area (Å²) in [5.41, 5.74) is 0.610. The Morgan fingerprint density at radius 2 is 1.83 bits per heavy atom. The van der Waals surface area contributed by atoms with Crippen molar-refractivity contribution in [2.75, 3.05) is 24.4 Å². The van der Waals surface area contributed by atoms with Gasteiger partial charge in [0, 0.05) is 23.7 Å². The summed E-state index contributed by atoms with van der Waals surface area (Å²) in [5, 5.41) is 0.408. The van der Waals surface area contributed by atoms with Gasteiger partial charge in [-0.25, -0.2) is 8.42 Å². The monoisotopic (exact) mass is 450 g/mol. The summed E-state index contributed by atoms with van der Waals surface area (Å²) in [6.07, 6.45) is 1.05. The number of benzene rings is 2. The number of anilines is 1. The second kappa shape index (κ2) is 9.49. The molecule has 9 heteroatoms. The summed E-state index contributed by atoms with van der Waals surface area (Å²) in [4.78, 5) is 26.3. The highest BCUT2D eigenvalue weighted by Gasteiger charge is 2.29. The smallest absolute Gasteiger partial charge is 0.309 e. The van der Waals surface area contributed by atoms with E-state index in [9.17, 15) is 18.0 Å². The molecule has 0 bridgehead atoms. The van der Waals surface area contributed by atoms with E-state index in [1.165, 1.54) is 24.3 Å². The number of sulfonamides is 1. The highest BCUT2D eigenvalue weighted by molar-refractivity contribution is 7.92. The number of hydrogen-bond acceptors (Lipinski definition) is 5. The first-order valence-corrected chi connectivity index (χ1v) is 11.5. The second-order valence-electron chi connectivity index (χ2n) is 6.96. The third-order valence-corrected chi connectivity index (χ3v) is 6.48. The van der Waals surface area contributed by atoms with Crippen LogP contribution in [0.4, 0.5) is 5.69 Å². The van der Waals surface area contributed by atoms with Gasteiger partial charge in [-0.2, -0.15) is 0 Å². The Morgan fingerprint density at radius 1 is 1.13 bits per heavy atom.